The molecule has 0 radical (unpaired) electrons. The largest absolute Gasteiger partial charge is 0.479 e. The minimum Gasteiger partial charge on any atom is -0.479 e. The average Bonchev–Trinajstić information content (AvgIpc) is 2.81. The van der Waals surface area contributed by atoms with Crippen LogP contribution in [0.1, 0.15) is 64.2 Å². The van der Waals surface area contributed by atoms with E-state index in [9.17, 15) is 19.1 Å². The summed E-state index contributed by atoms with van der Waals surface area (Å²) in [5.74, 6) is -1.64. The minimum atomic E-state index is -1.22. The van der Waals surface area contributed by atoms with Gasteiger partial charge in [-0.2, -0.15) is 0 Å². The molecule has 2 aromatic rings. The molecule has 10 heteroatoms. The fraction of sp³-hybridized carbons (Fsp3) is 0.556. The Labute approximate surface area is 217 Å². The van der Waals surface area contributed by atoms with Crippen molar-refractivity contribution < 1.29 is 23.8 Å². The predicted molar refractivity (Wildman–Crippen MR) is 140 cm³/mol. The number of aromatic nitrogens is 2. The summed E-state index contributed by atoms with van der Waals surface area (Å²) in [6.07, 6.45) is 4.36. The summed E-state index contributed by atoms with van der Waals surface area (Å²) in [5.41, 5.74) is -0.202. The molecule has 0 bridgehead atoms. The van der Waals surface area contributed by atoms with Gasteiger partial charge in [0.05, 0.1) is 17.8 Å². The molecule has 3 rings (SSSR count). The number of carboxylic acid groups (broad SMARTS) is 1. The summed E-state index contributed by atoms with van der Waals surface area (Å²) < 4.78 is 20.8. The van der Waals surface area contributed by atoms with Gasteiger partial charge in [0.1, 0.15) is 5.82 Å². The van der Waals surface area contributed by atoms with Gasteiger partial charge in [0.25, 0.3) is 5.91 Å². The van der Waals surface area contributed by atoms with Crippen LogP contribution in [0.3, 0.4) is 0 Å². The van der Waals surface area contributed by atoms with E-state index in [0.717, 1.165) is 12.8 Å². The summed E-state index contributed by atoms with van der Waals surface area (Å²) in [4.78, 5) is 34.7. The number of halogens is 1. The lowest BCUT2D eigenvalue weighted by Crippen LogP contribution is -2.44. The molecule has 3 N–H and O–H groups in total. The molecule has 1 aliphatic rings. The molecule has 0 saturated carbocycles. The van der Waals surface area contributed by atoms with Crippen LogP contribution in [0.4, 0.5) is 16.0 Å². The lowest BCUT2D eigenvalue weighted by Gasteiger charge is -2.34. The first kappa shape index (κ1) is 28.3. The molecule has 0 aliphatic carbocycles. The zero-order valence-corrected chi connectivity index (χ0v) is 22.3. The van der Waals surface area contributed by atoms with Crippen LogP contribution in [0.25, 0.3) is 0 Å². The average molecular weight is 516 g/mol. The second kappa shape index (κ2) is 11.9. The molecule has 37 heavy (non-hydrogen) atoms. The molecule has 1 aromatic carbocycles. The van der Waals surface area contributed by atoms with Crippen molar-refractivity contribution in [1.82, 2.24) is 15.3 Å². The van der Waals surface area contributed by atoms with Crippen LogP contribution >= 0.6 is 0 Å². The number of hydrogen-bond donors (Lipinski definition) is 3. The van der Waals surface area contributed by atoms with E-state index < -0.39 is 29.4 Å². The molecular weight excluding hydrogens is 477 g/mol. The normalized spacial score (nSPS) is 15.8. The molecule has 1 amide bonds. The van der Waals surface area contributed by atoms with Gasteiger partial charge in [0.2, 0.25) is 5.95 Å². The molecule has 0 spiro atoms. The van der Waals surface area contributed by atoms with E-state index >= 15 is 0 Å². The van der Waals surface area contributed by atoms with Gasteiger partial charge in [-0.3, -0.25) is 4.79 Å². The summed E-state index contributed by atoms with van der Waals surface area (Å²) in [5, 5.41) is 15.5. The second-order valence-electron chi connectivity index (χ2n) is 11.3. The van der Waals surface area contributed by atoms with Crippen LogP contribution < -0.4 is 15.5 Å². The SMILES string of the molecule is CC(C)(C)CC(C)(C)OC(CNC(=O)c1ccc(N2CCC(Nc3ncccn3)CC2)c(F)c1)C(=O)O. The number of rotatable bonds is 10. The lowest BCUT2D eigenvalue weighted by molar-refractivity contribution is -0.163. The highest BCUT2D eigenvalue weighted by Crippen LogP contribution is 2.30. The Bertz CT molecular complexity index is 1070. The van der Waals surface area contributed by atoms with Crippen LogP contribution in [0.5, 0.6) is 0 Å². The van der Waals surface area contributed by atoms with E-state index in [1.807, 2.05) is 39.5 Å². The zero-order chi connectivity index (χ0) is 27.2. The number of hydrogen-bond acceptors (Lipinski definition) is 7. The molecule has 1 unspecified atom stereocenters. The van der Waals surface area contributed by atoms with E-state index in [0.29, 0.717) is 31.1 Å². The highest BCUT2D eigenvalue weighted by molar-refractivity contribution is 5.95. The molecule has 1 saturated heterocycles. The lowest BCUT2D eigenvalue weighted by atomic mass is 9.83. The summed E-state index contributed by atoms with van der Waals surface area (Å²) in [6, 6.07) is 6.29. The maximum absolute atomic E-state index is 15.0. The Kier molecular flexibility index (Phi) is 9.07. The molecule has 1 aromatic heterocycles. The number of piperidine rings is 1. The summed E-state index contributed by atoms with van der Waals surface area (Å²) >= 11 is 0. The maximum atomic E-state index is 15.0. The summed E-state index contributed by atoms with van der Waals surface area (Å²) in [7, 11) is 0. The number of ether oxygens (including phenoxy) is 1. The molecule has 1 atom stereocenters. The van der Waals surface area contributed by atoms with Crippen molar-refractivity contribution in [2.24, 2.45) is 5.41 Å². The van der Waals surface area contributed by atoms with E-state index in [1.165, 1.54) is 6.07 Å². The van der Waals surface area contributed by atoms with Gasteiger partial charge in [0, 0.05) is 37.1 Å². The molecule has 9 nitrogen and oxygen atoms in total. The number of carbonyl (C=O) groups excluding carboxylic acids is 1. The van der Waals surface area contributed by atoms with Crippen molar-refractivity contribution in [3.8, 4) is 0 Å². The van der Waals surface area contributed by atoms with Gasteiger partial charge in [-0.05, 0) is 62.8 Å². The van der Waals surface area contributed by atoms with Crippen molar-refractivity contribution in [2.45, 2.75) is 71.6 Å². The second-order valence-corrected chi connectivity index (χ2v) is 11.3. The Hall–Kier alpha value is -3.27. The fourth-order valence-electron chi connectivity index (χ4n) is 4.90. The standard InChI is InChI=1S/C27H38FN5O4/c1-26(2,3)17-27(4,5)37-22(24(35)36)16-31-23(34)18-7-8-21(20(28)15-18)33-13-9-19(10-14-33)32-25-29-11-6-12-30-25/h6-8,11-12,15,19,22H,9-10,13-14,16-17H2,1-5H3,(H,31,34)(H,35,36)(H,29,30,32). The first-order valence-corrected chi connectivity index (χ1v) is 12.6. The van der Waals surface area contributed by atoms with Crippen LogP contribution in [0.15, 0.2) is 36.7 Å². The van der Waals surface area contributed by atoms with Crippen LogP contribution in [0, 0.1) is 11.2 Å². The van der Waals surface area contributed by atoms with Crippen molar-refractivity contribution in [2.75, 3.05) is 29.9 Å². The number of nitrogens with zero attached hydrogens (tertiary/aromatic N) is 3. The number of carboxylic acids is 1. The molecule has 2 heterocycles. The van der Waals surface area contributed by atoms with Gasteiger partial charge in [-0.25, -0.2) is 19.2 Å². The highest BCUT2D eigenvalue weighted by Gasteiger charge is 2.32. The summed E-state index contributed by atoms with van der Waals surface area (Å²) in [6.45, 7) is 10.9. The molecule has 1 fully saturated rings. The van der Waals surface area contributed by atoms with Crippen molar-refractivity contribution >= 4 is 23.5 Å². The van der Waals surface area contributed by atoms with Crippen LogP contribution in [-0.2, 0) is 9.53 Å². The predicted octanol–water partition coefficient (Wildman–Crippen LogP) is 4.11. The van der Waals surface area contributed by atoms with Gasteiger partial charge >= 0.3 is 5.97 Å². The topological polar surface area (TPSA) is 117 Å². The third kappa shape index (κ3) is 8.66. The van der Waals surface area contributed by atoms with E-state index in [-0.39, 0.29) is 23.6 Å². The van der Waals surface area contributed by atoms with Crippen molar-refractivity contribution in [1.29, 1.82) is 0 Å². The van der Waals surface area contributed by atoms with E-state index in [2.05, 4.69) is 20.6 Å². The molecule has 1 aliphatic heterocycles. The van der Waals surface area contributed by atoms with E-state index in [1.54, 1.807) is 30.6 Å². The van der Waals surface area contributed by atoms with Crippen molar-refractivity contribution in [3.63, 3.8) is 0 Å². The molecular formula is C27H38FN5O4. The third-order valence-corrected chi connectivity index (χ3v) is 6.09. The third-order valence-electron chi connectivity index (χ3n) is 6.09. The van der Waals surface area contributed by atoms with Crippen LogP contribution in [0.2, 0.25) is 0 Å². The smallest absolute Gasteiger partial charge is 0.334 e. The van der Waals surface area contributed by atoms with Gasteiger partial charge in [-0.15, -0.1) is 0 Å². The Balaban J connectivity index is 1.55. The number of anilines is 2. The monoisotopic (exact) mass is 515 g/mol. The number of carbonyl (C=O) groups is 2. The number of nitrogens with one attached hydrogen (secondary N) is 2. The Morgan fingerprint density at radius 2 is 1.81 bits per heavy atom. The molecule has 202 valence electrons. The van der Waals surface area contributed by atoms with Gasteiger partial charge < -0.3 is 25.4 Å². The maximum Gasteiger partial charge on any atom is 0.334 e. The first-order chi connectivity index (χ1) is 17.3. The number of amides is 1. The fourth-order valence-corrected chi connectivity index (χ4v) is 4.90. The number of aliphatic carboxylic acids is 1. The first-order valence-electron chi connectivity index (χ1n) is 12.6. The number of benzene rings is 1. The van der Waals surface area contributed by atoms with Crippen molar-refractivity contribution in [3.05, 3.63) is 48.0 Å². The highest BCUT2D eigenvalue weighted by atomic mass is 19.1. The zero-order valence-electron chi connectivity index (χ0n) is 22.3. The van der Waals surface area contributed by atoms with Gasteiger partial charge in [-0.1, -0.05) is 20.8 Å². The Morgan fingerprint density at radius 1 is 1.16 bits per heavy atom. The Morgan fingerprint density at radius 3 is 2.38 bits per heavy atom. The quantitative estimate of drug-likeness (QED) is 0.433. The minimum absolute atomic E-state index is 0.0584. The van der Waals surface area contributed by atoms with E-state index in [4.69, 9.17) is 4.74 Å². The van der Waals surface area contributed by atoms with Gasteiger partial charge in [0.15, 0.2) is 6.10 Å². The van der Waals surface area contributed by atoms with Crippen LogP contribution in [-0.4, -0.2) is 64.3 Å².